The summed E-state index contributed by atoms with van der Waals surface area (Å²) < 4.78 is 6.02. The first-order chi connectivity index (χ1) is 14.1. The Morgan fingerprint density at radius 1 is 1.10 bits per heavy atom. The van der Waals surface area contributed by atoms with Crippen LogP contribution in [0.5, 0.6) is 5.75 Å². The maximum atomic E-state index is 6.02. The molecule has 2 aliphatic rings. The van der Waals surface area contributed by atoms with Crippen LogP contribution in [0.15, 0.2) is 54.6 Å². The lowest BCUT2D eigenvalue weighted by atomic mass is 9.58. The van der Waals surface area contributed by atoms with Crippen molar-refractivity contribution in [3.8, 4) is 5.75 Å². The normalized spacial score (nSPS) is 27.2. The highest BCUT2D eigenvalue weighted by molar-refractivity contribution is 5.36. The van der Waals surface area contributed by atoms with E-state index in [1.807, 2.05) is 0 Å². The minimum absolute atomic E-state index is 0.228. The first kappa shape index (κ1) is 20.5. The van der Waals surface area contributed by atoms with E-state index in [1.165, 1.54) is 62.7 Å². The Kier molecular flexibility index (Phi) is 6.29. The van der Waals surface area contributed by atoms with Crippen LogP contribution in [0.4, 0.5) is 0 Å². The number of rotatable bonds is 7. The summed E-state index contributed by atoms with van der Waals surface area (Å²) in [6.07, 6.45) is 8.03. The molecule has 0 N–H and O–H groups in total. The Balaban J connectivity index is 1.45. The molecule has 0 unspecified atom stereocenters. The molecular weight excluding hydrogens is 354 g/mol. The number of fused-ring (bicyclic) bond motifs is 2. The summed E-state index contributed by atoms with van der Waals surface area (Å²) in [5.74, 6) is 1.72. The highest BCUT2D eigenvalue weighted by atomic mass is 16.5. The average molecular weight is 392 g/mol. The van der Waals surface area contributed by atoms with Crippen LogP contribution in [0.1, 0.15) is 64.0 Å². The molecule has 2 bridgehead atoms. The molecule has 1 aliphatic carbocycles. The molecule has 1 aliphatic heterocycles. The lowest BCUT2D eigenvalue weighted by Gasteiger charge is -2.54. The van der Waals surface area contributed by atoms with Crippen molar-refractivity contribution in [1.29, 1.82) is 0 Å². The Labute approximate surface area is 177 Å². The van der Waals surface area contributed by atoms with Crippen LogP contribution in [0, 0.1) is 5.92 Å². The van der Waals surface area contributed by atoms with Crippen molar-refractivity contribution in [1.82, 2.24) is 4.90 Å². The standard InChI is InChI=1S/C27H37NO/c1-21(2)29-26-15-7-13-24(18-26)27-16-8-14-25(19-27)28(20-22(27)3)17-9-12-23-10-5-4-6-11-23/h4-7,10-11,13,15,18,21-22,25H,8-9,12,14,16-17,19-20H2,1-3H3/t22-,25+,27+/m1/s1. The van der Waals surface area contributed by atoms with E-state index >= 15 is 0 Å². The Morgan fingerprint density at radius 2 is 1.93 bits per heavy atom. The van der Waals surface area contributed by atoms with Crippen LogP contribution in [-0.2, 0) is 11.8 Å². The van der Waals surface area contributed by atoms with Crippen LogP contribution in [0.25, 0.3) is 0 Å². The van der Waals surface area contributed by atoms with Gasteiger partial charge in [-0.1, -0.05) is 55.8 Å². The molecule has 0 spiro atoms. The Hall–Kier alpha value is -1.80. The maximum Gasteiger partial charge on any atom is 0.119 e. The van der Waals surface area contributed by atoms with E-state index in [0.29, 0.717) is 11.3 Å². The fraction of sp³-hybridized carbons (Fsp3) is 0.556. The van der Waals surface area contributed by atoms with E-state index in [0.717, 1.165) is 11.8 Å². The zero-order valence-corrected chi connectivity index (χ0v) is 18.4. The highest BCUT2D eigenvalue weighted by Crippen LogP contribution is 2.50. The van der Waals surface area contributed by atoms with Gasteiger partial charge in [0.1, 0.15) is 5.75 Å². The van der Waals surface area contributed by atoms with Crippen molar-refractivity contribution in [3.05, 3.63) is 65.7 Å². The van der Waals surface area contributed by atoms with E-state index in [9.17, 15) is 0 Å². The lowest BCUT2D eigenvalue weighted by Crippen LogP contribution is -2.56. The van der Waals surface area contributed by atoms with Gasteiger partial charge in [-0.2, -0.15) is 0 Å². The Morgan fingerprint density at radius 3 is 2.72 bits per heavy atom. The molecule has 156 valence electrons. The number of aryl methyl sites for hydroxylation is 1. The molecule has 0 amide bonds. The van der Waals surface area contributed by atoms with Gasteiger partial charge < -0.3 is 9.64 Å². The number of ether oxygens (including phenoxy) is 1. The van der Waals surface area contributed by atoms with Crippen molar-refractivity contribution in [2.75, 3.05) is 13.1 Å². The molecule has 2 aromatic rings. The van der Waals surface area contributed by atoms with Crippen molar-refractivity contribution in [2.45, 2.75) is 76.9 Å². The highest BCUT2D eigenvalue weighted by Gasteiger charge is 2.47. The molecule has 2 nitrogen and oxygen atoms in total. The molecular formula is C27H37NO. The van der Waals surface area contributed by atoms with Gasteiger partial charge >= 0.3 is 0 Å². The average Bonchev–Trinajstić information content (AvgIpc) is 2.72. The van der Waals surface area contributed by atoms with Crippen molar-refractivity contribution >= 4 is 0 Å². The fourth-order valence-corrected chi connectivity index (χ4v) is 5.82. The topological polar surface area (TPSA) is 12.5 Å². The van der Waals surface area contributed by atoms with Gasteiger partial charge in [-0.15, -0.1) is 0 Å². The third kappa shape index (κ3) is 4.53. The maximum absolute atomic E-state index is 6.02. The van der Waals surface area contributed by atoms with Gasteiger partial charge in [0.2, 0.25) is 0 Å². The van der Waals surface area contributed by atoms with Crippen LogP contribution >= 0.6 is 0 Å². The number of hydrogen-bond donors (Lipinski definition) is 0. The van der Waals surface area contributed by atoms with Gasteiger partial charge in [-0.05, 0) is 81.7 Å². The van der Waals surface area contributed by atoms with Crippen molar-refractivity contribution < 1.29 is 4.74 Å². The van der Waals surface area contributed by atoms with Crippen molar-refractivity contribution in [3.63, 3.8) is 0 Å². The predicted octanol–water partition coefficient (Wildman–Crippen LogP) is 6.24. The van der Waals surface area contributed by atoms with E-state index in [2.05, 4.69) is 80.3 Å². The third-order valence-electron chi connectivity index (χ3n) is 7.26. The second kappa shape index (κ2) is 8.92. The molecule has 0 radical (unpaired) electrons. The zero-order chi connectivity index (χ0) is 20.3. The molecule has 1 saturated carbocycles. The van der Waals surface area contributed by atoms with Crippen LogP contribution in [-0.4, -0.2) is 30.1 Å². The largest absolute Gasteiger partial charge is 0.491 e. The minimum atomic E-state index is 0.228. The molecule has 2 heteroatoms. The predicted molar refractivity (Wildman–Crippen MR) is 122 cm³/mol. The summed E-state index contributed by atoms with van der Waals surface area (Å²) >= 11 is 0. The van der Waals surface area contributed by atoms with E-state index < -0.39 is 0 Å². The SMILES string of the molecule is CC(C)Oc1cccc([C@@]23CCC[C@@H](C2)N(CCCc2ccccc2)C[C@H]3C)c1. The molecule has 29 heavy (non-hydrogen) atoms. The second-order valence-electron chi connectivity index (χ2n) is 9.59. The van der Waals surface area contributed by atoms with Crippen LogP contribution in [0.3, 0.4) is 0 Å². The van der Waals surface area contributed by atoms with Gasteiger partial charge in [-0.3, -0.25) is 0 Å². The van der Waals surface area contributed by atoms with E-state index in [4.69, 9.17) is 4.74 Å². The summed E-state index contributed by atoms with van der Waals surface area (Å²) in [5.41, 5.74) is 3.31. The van der Waals surface area contributed by atoms with Crippen LogP contribution < -0.4 is 4.74 Å². The molecule has 1 saturated heterocycles. The molecule has 3 atom stereocenters. The zero-order valence-electron chi connectivity index (χ0n) is 18.4. The third-order valence-corrected chi connectivity index (χ3v) is 7.26. The molecule has 4 rings (SSSR count). The Bertz CT molecular complexity index is 786. The quantitative estimate of drug-likeness (QED) is 0.554. The van der Waals surface area contributed by atoms with E-state index in [-0.39, 0.29) is 6.10 Å². The van der Waals surface area contributed by atoms with Gasteiger partial charge in [0.25, 0.3) is 0 Å². The molecule has 1 heterocycles. The number of hydrogen-bond acceptors (Lipinski definition) is 2. The lowest BCUT2D eigenvalue weighted by molar-refractivity contribution is 0.00928. The summed E-state index contributed by atoms with van der Waals surface area (Å²) in [5, 5.41) is 0. The summed E-state index contributed by atoms with van der Waals surface area (Å²) in [6.45, 7) is 9.17. The fourth-order valence-electron chi connectivity index (χ4n) is 5.82. The molecule has 0 aromatic heterocycles. The van der Waals surface area contributed by atoms with Gasteiger partial charge in [0.15, 0.2) is 0 Å². The van der Waals surface area contributed by atoms with Gasteiger partial charge in [-0.25, -0.2) is 0 Å². The summed E-state index contributed by atoms with van der Waals surface area (Å²) in [7, 11) is 0. The monoisotopic (exact) mass is 391 g/mol. The summed E-state index contributed by atoms with van der Waals surface area (Å²) in [4.78, 5) is 2.81. The smallest absolute Gasteiger partial charge is 0.119 e. The number of nitrogens with zero attached hydrogens (tertiary/aromatic N) is 1. The summed E-state index contributed by atoms with van der Waals surface area (Å²) in [6, 6.07) is 20.7. The number of likely N-dealkylation sites (tertiary alicyclic amines) is 1. The number of piperidine rings is 1. The first-order valence-electron chi connectivity index (χ1n) is 11.6. The van der Waals surface area contributed by atoms with Gasteiger partial charge in [0.05, 0.1) is 6.10 Å². The van der Waals surface area contributed by atoms with Crippen molar-refractivity contribution in [2.24, 2.45) is 5.92 Å². The minimum Gasteiger partial charge on any atom is -0.491 e. The molecule has 2 fully saturated rings. The van der Waals surface area contributed by atoms with Crippen LogP contribution in [0.2, 0.25) is 0 Å². The number of benzene rings is 2. The first-order valence-corrected chi connectivity index (χ1v) is 11.6. The van der Waals surface area contributed by atoms with Gasteiger partial charge in [0, 0.05) is 18.0 Å². The molecule has 2 aromatic carbocycles. The van der Waals surface area contributed by atoms with E-state index in [1.54, 1.807) is 0 Å². The second-order valence-corrected chi connectivity index (χ2v) is 9.59.